The number of rotatable bonds is 7. The number of sulfonamides is 1. The van der Waals surface area contributed by atoms with Crippen LogP contribution < -0.4 is 10.0 Å². The van der Waals surface area contributed by atoms with Crippen molar-refractivity contribution in [3.63, 3.8) is 0 Å². The van der Waals surface area contributed by atoms with Crippen molar-refractivity contribution in [3.05, 3.63) is 83.0 Å². The molecule has 2 aromatic carbocycles. The van der Waals surface area contributed by atoms with E-state index in [9.17, 15) is 30.4 Å². The summed E-state index contributed by atoms with van der Waals surface area (Å²) in [5.41, 5.74) is 1.54. The van der Waals surface area contributed by atoms with Crippen LogP contribution in [0.3, 0.4) is 0 Å². The Balaban J connectivity index is 0.000000559. The Bertz CT molecular complexity index is 1440. The molecule has 0 spiro atoms. The lowest BCUT2D eigenvalue weighted by Gasteiger charge is -2.25. The topological polar surface area (TPSA) is 112 Å². The van der Waals surface area contributed by atoms with E-state index in [-0.39, 0.29) is 22.9 Å². The van der Waals surface area contributed by atoms with Gasteiger partial charge in [0.05, 0.1) is 5.69 Å². The van der Waals surface area contributed by atoms with Crippen LogP contribution in [-0.4, -0.2) is 54.7 Å². The molecule has 1 fully saturated rings. The molecule has 0 amide bonds. The Morgan fingerprint density at radius 1 is 1.10 bits per heavy atom. The van der Waals surface area contributed by atoms with E-state index < -0.39 is 38.8 Å². The number of benzene rings is 2. The van der Waals surface area contributed by atoms with Crippen LogP contribution in [0.25, 0.3) is 0 Å². The van der Waals surface area contributed by atoms with E-state index in [1.807, 2.05) is 18.2 Å². The van der Waals surface area contributed by atoms with Crippen LogP contribution >= 0.6 is 11.6 Å². The van der Waals surface area contributed by atoms with Crippen LogP contribution in [0.1, 0.15) is 24.9 Å². The van der Waals surface area contributed by atoms with Crippen LogP contribution in [0, 0.1) is 11.8 Å². The summed E-state index contributed by atoms with van der Waals surface area (Å²) in [4.78, 5) is 14.0. The number of pyridine rings is 1. The summed E-state index contributed by atoms with van der Waals surface area (Å²) in [6.45, 7) is 3.75. The summed E-state index contributed by atoms with van der Waals surface area (Å²) in [5.74, 6) is -4.96. The normalized spacial score (nSPS) is 16.5. The number of carboxylic acid groups (broad SMARTS) is 1. The van der Waals surface area contributed by atoms with Gasteiger partial charge >= 0.3 is 12.1 Å². The third-order valence-electron chi connectivity index (χ3n) is 5.94. The lowest BCUT2D eigenvalue weighted by atomic mass is 10.1. The molecule has 216 valence electrons. The number of hydrogen-bond donors (Lipinski definition) is 3. The van der Waals surface area contributed by atoms with E-state index in [4.69, 9.17) is 21.5 Å². The molecule has 3 N–H and O–H groups in total. The third-order valence-corrected chi connectivity index (χ3v) is 7.68. The van der Waals surface area contributed by atoms with E-state index in [1.54, 1.807) is 0 Å². The van der Waals surface area contributed by atoms with Gasteiger partial charge < -0.3 is 10.4 Å². The van der Waals surface area contributed by atoms with Gasteiger partial charge in [-0.05, 0) is 43.2 Å². The number of aliphatic carboxylic acids is 1. The number of likely N-dealkylation sites (tertiary alicyclic amines) is 1. The van der Waals surface area contributed by atoms with Gasteiger partial charge in [0.2, 0.25) is 5.95 Å². The maximum Gasteiger partial charge on any atom is 0.490 e. The van der Waals surface area contributed by atoms with Gasteiger partial charge in [0.15, 0.2) is 5.82 Å². The minimum absolute atomic E-state index is 0.0325. The van der Waals surface area contributed by atoms with Crippen LogP contribution in [0.2, 0.25) is 5.02 Å². The molecule has 4 rings (SSSR count). The number of anilines is 2. The number of nitrogens with zero attached hydrogens (tertiary/aromatic N) is 2. The Morgan fingerprint density at radius 2 is 1.75 bits per heavy atom. The van der Waals surface area contributed by atoms with Crippen LogP contribution in [-0.2, 0) is 14.8 Å². The fourth-order valence-electron chi connectivity index (χ4n) is 3.93. The molecule has 1 aliphatic rings. The fraction of sp³-hybridized carbons (Fsp3) is 0.280. The maximum atomic E-state index is 14.9. The van der Waals surface area contributed by atoms with Crippen LogP contribution in [0.5, 0.6) is 0 Å². The minimum Gasteiger partial charge on any atom is -0.475 e. The van der Waals surface area contributed by atoms with Crippen molar-refractivity contribution in [1.82, 2.24) is 9.88 Å². The summed E-state index contributed by atoms with van der Waals surface area (Å²) in [6.07, 6.45) is -4.25. The van der Waals surface area contributed by atoms with Crippen LogP contribution in [0.4, 0.5) is 33.5 Å². The SMILES string of the molecule is C[C@@H](c1ccccc1)N1CCC(Nc2ccc(S(=O)(=O)Nc3cccc(F)n3)c(F)c2Cl)C1.O=C(O)C(F)(F)F. The molecule has 0 bridgehead atoms. The number of alkyl halides is 3. The van der Waals surface area contributed by atoms with Crippen molar-refractivity contribution in [2.75, 3.05) is 23.1 Å². The van der Waals surface area contributed by atoms with E-state index >= 15 is 0 Å². The monoisotopic (exact) mass is 606 g/mol. The molecule has 40 heavy (non-hydrogen) atoms. The molecule has 0 saturated carbocycles. The van der Waals surface area contributed by atoms with Crippen molar-refractivity contribution < 1.29 is 40.3 Å². The minimum atomic E-state index is -5.08. The average molecular weight is 607 g/mol. The molecule has 1 aromatic heterocycles. The summed E-state index contributed by atoms with van der Waals surface area (Å²) in [6, 6.07) is 16.6. The summed E-state index contributed by atoms with van der Waals surface area (Å²) < 4.78 is 87.2. The molecular weight excluding hydrogens is 583 g/mol. The largest absolute Gasteiger partial charge is 0.490 e. The molecule has 1 saturated heterocycles. The highest BCUT2D eigenvalue weighted by molar-refractivity contribution is 7.92. The van der Waals surface area contributed by atoms with E-state index in [0.717, 1.165) is 31.6 Å². The Labute approximate surface area is 231 Å². The number of nitrogens with one attached hydrogen (secondary N) is 2. The predicted octanol–water partition coefficient (Wildman–Crippen LogP) is 5.69. The predicted molar refractivity (Wildman–Crippen MR) is 139 cm³/mol. The van der Waals surface area contributed by atoms with Gasteiger partial charge in [-0.25, -0.2) is 22.6 Å². The van der Waals surface area contributed by atoms with Gasteiger partial charge in [0, 0.05) is 25.2 Å². The lowest BCUT2D eigenvalue weighted by molar-refractivity contribution is -0.192. The first-order valence-electron chi connectivity index (χ1n) is 11.7. The van der Waals surface area contributed by atoms with E-state index in [0.29, 0.717) is 5.69 Å². The molecule has 2 heterocycles. The highest BCUT2D eigenvalue weighted by atomic mass is 35.5. The molecule has 15 heteroatoms. The molecular formula is C25H24ClF5N4O4S. The number of carbonyl (C=O) groups is 1. The smallest absolute Gasteiger partial charge is 0.475 e. The van der Waals surface area contributed by atoms with Gasteiger partial charge in [0.25, 0.3) is 10.0 Å². The molecule has 1 unspecified atom stereocenters. The Hall–Kier alpha value is -3.49. The molecule has 1 aliphatic heterocycles. The Kier molecular flexibility index (Phi) is 9.92. The quantitative estimate of drug-likeness (QED) is 0.234. The van der Waals surface area contributed by atoms with Gasteiger partial charge in [-0.3, -0.25) is 9.62 Å². The molecule has 3 aromatic rings. The molecule has 8 nitrogen and oxygen atoms in total. The van der Waals surface area contributed by atoms with Gasteiger partial charge in [-0.1, -0.05) is 48.0 Å². The lowest BCUT2D eigenvalue weighted by Crippen LogP contribution is -2.28. The Morgan fingerprint density at radius 3 is 2.35 bits per heavy atom. The zero-order chi connectivity index (χ0) is 29.7. The number of hydrogen-bond acceptors (Lipinski definition) is 6. The number of aromatic nitrogens is 1. The maximum absolute atomic E-state index is 14.9. The molecule has 2 atom stereocenters. The standard InChI is InChI=1S/C23H23ClF2N4O2S.C2HF3O2/c1-15(16-6-3-2-4-7-16)30-13-12-17(14-30)27-18-10-11-19(23(26)22(18)24)33(31,32)29-21-9-5-8-20(25)28-21;3-2(4,5)1(6)7/h2-11,15,17,27H,12-14H2,1H3,(H,28,29);(H,6,7)/t15-,17?;/m0./s1. The third kappa shape index (κ3) is 8.02. The number of halogens is 6. The van der Waals surface area contributed by atoms with E-state index in [1.165, 1.54) is 23.8 Å². The zero-order valence-electron chi connectivity index (χ0n) is 20.8. The number of carboxylic acids is 1. The van der Waals surface area contributed by atoms with Gasteiger partial charge in [0.1, 0.15) is 15.7 Å². The van der Waals surface area contributed by atoms with Gasteiger partial charge in [-0.15, -0.1) is 0 Å². The summed E-state index contributed by atoms with van der Waals surface area (Å²) in [5, 5.41) is 10.0. The first-order valence-corrected chi connectivity index (χ1v) is 13.5. The fourth-order valence-corrected chi connectivity index (χ4v) is 5.29. The molecule has 0 radical (unpaired) electrons. The second-order valence-electron chi connectivity index (χ2n) is 8.70. The van der Waals surface area contributed by atoms with E-state index in [2.05, 4.69) is 39.0 Å². The van der Waals surface area contributed by atoms with Crippen molar-refractivity contribution >= 4 is 39.1 Å². The summed E-state index contributed by atoms with van der Waals surface area (Å²) >= 11 is 6.19. The first kappa shape index (κ1) is 31.0. The average Bonchev–Trinajstić information content (AvgIpc) is 3.35. The zero-order valence-corrected chi connectivity index (χ0v) is 22.4. The summed E-state index contributed by atoms with van der Waals surface area (Å²) in [7, 11) is -4.35. The highest BCUT2D eigenvalue weighted by Gasteiger charge is 2.38. The second kappa shape index (κ2) is 12.8. The molecule has 0 aliphatic carbocycles. The van der Waals surface area contributed by atoms with Crippen molar-refractivity contribution in [1.29, 1.82) is 0 Å². The van der Waals surface area contributed by atoms with Crippen molar-refractivity contribution in [3.8, 4) is 0 Å². The second-order valence-corrected chi connectivity index (χ2v) is 10.7. The first-order chi connectivity index (χ1) is 18.7. The van der Waals surface area contributed by atoms with Crippen LogP contribution in [0.15, 0.2) is 65.6 Å². The van der Waals surface area contributed by atoms with Crippen molar-refractivity contribution in [2.24, 2.45) is 0 Å². The van der Waals surface area contributed by atoms with Gasteiger partial charge in [-0.2, -0.15) is 17.6 Å². The highest BCUT2D eigenvalue weighted by Crippen LogP contribution is 2.33. The van der Waals surface area contributed by atoms with Crippen molar-refractivity contribution in [2.45, 2.75) is 36.5 Å².